The number of carbonyl (C=O) groups is 1. The van der Waals surface area contributed by atoms with Crippen LogP contribution >= 0.6 is 11.3 Å². The van der Waals surface area contributed by atoms with Gasteiger partial charge in [0.1, 0.15) is 10.8 Å². The van der Waals surface area contributed by atoms with E-state index >= 15 is 0 Å². The largest absolute Gasteiger partial charge is 0.497 e. The third kappa shape index (κ3) is 3.47. The van der Waals surface area contributed by atoms with Crippen molar-refractivity contribution in [3.05, 3.63) is 72.3 Å². The third-order valence-corrected chi connectivity index (χ3v) is 5.26. The maximum Gasteiger partial charge on any atom is 0.257 e. The van der Waals surface area contributed by atoms with Crippen molar-refractivity contribution in [2.45, 2.75) is 0 Å². The summed E-state index contributed by atoms with van der Waals surface area (Å²) in [5, 5.41) is 3.79. The fourth-order valence-electron chi connectivity index (χ4n) is 2.75. The zero-order valence-electron chi connectivity index (χ0n) is 14.6. The smallest absolute Gasteiger partial charge is 0.257 e. The predicted octanol–water partition coefficient (Wildman–Crippen LogP) is 4.81. The number of anilines is 2. The number of methoxy groups -OCH3 is 1. The van der Waals surface area contributed by atoms with Crippen molar-refractivity contribution in [2.24, 2.45) is 0 Å². The topological polar surface area (TPSA) is 77.2 Å². The van der Waals surface area contributed by atoms with Gasteiger partial charge in [0.05, 0.1) is 22.9 Å². The van der Waals surface area contributed by atoms with Gasteiger partial charge in [-0.3, -0.25) is 4.79 Å². The number of rotatable bonds is 4. The summed E-state index contributed by atoms with van der Waals surface area (Å²) < 4.78 is 6.34. The first kappa shape index (κ1) is 17.1. The molecule has 0 radical (unpaired) electrons. The molecule has 27 heavy (non-hydrogen) atoms. The fraction of sp³-hybridized carbons (Fsp3) is 0.0476. The lowest BCUT2D eigenvalue weighted by Gasteiger charge is -2.07. The molecule has 6 heteroatoms. The molecule has 1 aromatic heterocycles. The van der Waals surface area contributed by atoms with E-state index in [0.717, 1.165) is 26.5 Å². The number of thiazole rings is 1. The Balaban J connectivity index is 1.55. The van der Waals surface area contributed by atoms with Gasteiger partial charge in [-0.25, -0.2) is 4.98 Å². The second-order valence-electron chi connectivity index (χ2n) is 5.97. The van der Waals surface area contributed by atoms with Gasteiger partial charge in [-0.05, 0) is 54.6 Å². The predicted molar refractivity (Wildman–Crippen MR) is 110 cm³/mol. The fourth-order valence-corrected chi connectivity index (χ4v) is 3.75. The zero-order chi connectivity index (χ0) is 18.8. The summed E-state index contributed by atoms with van der Waals surface area (Å²) in [4.78, 5) is 17.0. The molecule has 4 aromatic rings. The molecule has 0 aliphatic heterocycles. The number of para-hydroxylation sites is 1. The number of amides is 1. The van der Waals surface area contributed by atoms with Crippen molar-refractivity contribution < 1.29 is 9.53 Å². The van der Waals surface area contributed by atoms with Crippen molar-refractivity contribution in [1.82, 2.24) is 4.98 Å². The van der Waals surface area contributed by atoms with Gasteiger partial charge in [0, 0.05) is 16.9 Å². The van der Waals surface area contributed by atoms with Crippen molar-refractivity contribution in [3.63, 3.8) is 0 Å². The zero-order valence-corrected chi connectivity index (χ0v) is 15.4. The van der Waals surface area contributed by atoms with Crippen LogP contribution in [0.2, 0.25) is 0 Å². The number of fused-ring (bicyclic) bond motifs is 1. The quantitative estimate of drug-likeness (QED) is 0.502. The SMILES string of the molecule is COc1ccc2nc(-c3ccc(NC(=O)c4ccccc4N)cc3)sc2c1. The monoisotopic (exact) mass is 375 g/mol. The summed E-state index contributed by atoms with van der Waals surface area (Å²) in [5.41, 5.74) is 9.41. The standard InChI is InChI=1S/C21H17N3O2S/c1-26-15-10-11-18-19(12-15)27-21(24-18)13-6-8-14(9-7-13)23-20(25)16-4-2-3-5-17(16)22/h2-12H,22H2,1H3,(H,23,25). The summed E-state index contributed by atoms with van der Waals surface area (Å²) in [5.74, 6) is 0.587. The lowest BCUT2D eigenvalue weighted by atomic mass is 10.1. The normalized spacial score (nSPS) is 10.7. The number of hydrogen-bond donors (Lipinski definition) is 2. The number of nitrogens with two attached hydrogens (primary N) is 1. The van der Waals surface area contributed by atoms with Gasteiger partial charge in [-0.1, -0.05) is 12.1 Å². The first-order valence-electron chi connectivity index (χ1n) is 8.35. The number of benzene rings is 3. The minimum atomic E-state index is -0.229. The van der Waals surface area contributed by atoms with E-state index in [0.29, 0.717) is 16.9 Å². The lowest BCUT2D eigenvalue weighted by molar-refractivity contribution is 0.102. The minimum absolute atomic E-state index is 0.229. The molecule has 5 nitrogen and oxygen atoms in total. The van der Waals surface area contributed by atoms with Crippen LogP contribution < -0.4 is 15.8 Å². The Morgan fingerprint density at radius 1 is 1.07 bits per heavy atom. The first-order valence-corrected chi connectivity index (χ1v) is 9.16. The average Bonchev–Trinajstić information content (AvgIpc) is 3.12. The summed E-state index contributed by atoms with van der Waals surface area (Å²) in [6, 6.07) is 20.4. The van der Waals surface area contributed by atoms with E-state index in [-0.39, 0.29) is 5.91 Å². The van der Waals surface area contributed by atoms with E-state index in [1.807, 2.05) is 42.5 Å². The number of nitrogens with one attached hydrogen (secondary N) is 1. The number of nitrogen functional groups attached to an aromatic ring is 1. The van der Waals surface area contributed by atoms with Crippen molar-refractivity contribution >= 4 is 38.8 Å². The van der Waals surface area contributed by atoms with Gasteiger partial charge in [0.15, 0.2) is 0 Å². The number of ether oxygens (including phenoxy) is 1. The molecule has 134 valence electrons. The van der Waals surface area contributed by atoms with Crippen molar-refractivity contribution in [3.8, 4) is 16.3 Å². The summed E-state index contributed by atoms with van der Waals surface area (Å²) in [6.45, 7) is 0. The summed E-state index contributed by atoms with van der Waals surface area (Å²) >= 11 is 1.60. The molecule has 0 bridgehead atoms. The third-order valence-electron chi connectivity index (χ3n) is 4.19. The Morgan fingerprint density at radius 3 is 2.59 bits per heavy atom. The molecule has 0 aliphatic carbocycles. The molecule has 3 N–H and O–H groups in total. The summed E-state index contributed by atoms with van der Waals surface area (Å²) in [7, 11) is 1.65. The summed E-state index contributed by atoms with van der Waals surface area (Å²) in [6.07, 6.45) is 0. The molecule has 0 aliphatic rings. The highest BCUT2D eigenvalue weighted by Crippen LogP contribution is 2.32. The van der Waals surface area contributed by atoms with Gasteiger partial charge in [0.2, 0.25) is 0 Å². The van der Waals surface area contributed by atoms with Crippen LogP contribution in [-0.4, -0.2) is 18.0 Å². The molecule has 1 amide bonds. The lowest BCUT2D eigenvalue weighted by Crippen LogP contribution is -2.13. The second kappa shape index (κ2) is 7.09. The number of nitrogens with zero attached hydrogens (tertiary/aromatic N) is 1. The Bertz CT molecular complexity index is 1120. The Morgan fingerprint density at radius 2 is 1.85 bits per heavy atom. The van der Waals surface area contributed by atoms with Gasteiger partial charge in [-0.2, -0.15) is 0 Å². The van der Waals surface area contributed by atoms with Crippen molar-refractivity contribution in [1.29, 1.82) is 0 Å². The van der Waals surface area contributed by atoms with Crippen LogP contribution in [0.3, 0.4) is 0 Å². The molecule has 3 aromatic carbocycles. The van der Waals surface area contributed by atoms with Crippen LogP contribution in [0, 0.1) is 0 Å². The molecule has 1 heterocycles. The molecule has 0 saturated carbocycles. The van der Waals surface area contributed by atoms with E-state index in [1.54, 1.807) is 42.7 Å². The van der Waals surface area contributed by atoms with Crippen LogP contribution in [0.5, 0.6) is 5.75 Å². The van der Waals surface area contributed by atoms with Crippen LogP contribution in [0.25, 0.3) is 20.8 Å². The molecule has 0 fully saturated rings. The van der Waals surface area contributed by atoms with E-state index in [2.05, 4.69) is 10.3 Å². The maximum atomic E-state index is 12.4. The molecular formula is C21H17N3O2S. The van der Waals surface area contributed by atoms with E-state index in [9.17, 15) is 4.79 Å². The molecule has 0 atom stereocenters. The van der Waals surface area contributed by atoms with Gasteiger partial charge >= 0.3 is 0 Å². The highest BCUT2D eigenvalue weighted by atomic mass is 32.1. The average molecular weight is 375 g/mol. The van der Waals surface area contributed by atoms with E-state index in [1.165, 1.54) is 0 Å². The van der Waals surface area contributed by atoms with E-state index < -0.39 is 0 Å². The van der Waals surface area contributed by atoms with Gasteiger partial charge in [-0.15, -0.1) is 11.3 Å². The highest BCUT2D eigenvalue weighted by molar-refractivity contribution is 7.21. The van der Waals surface area contributed by atoms with Crippen LogP contribution in [-0.2, 0) is 0 Å². The van der Waals surface area contributed by atoms with Gasteiger partial charge < -0.3 is 15.8 Å². The Labute approximate surface area is 160 Å². The molecule has 0 unspecified atom stereocenters. The first-order chi connectivity index (χ1) is 13.1. The number of carbonyl (C=O) groups excluding carboxylic acids is 1. The minimum Gasteiger partial charge on any atom is -0.497 e. The van der Waals surface area contributed by atoms with Crippen LogP contribution in [0.1, 0.15) is 10.4 Å². The van der Waals surface area contributed by atoms with Crippen LogP contribution in [0.4, 0.5) is 11.4 Å². The van der Waals surface area contributed by atoms with Crippen molar-refractivity contribution in [2.75, 3.05) is 18.2 Å². The molecule has 0 spiro atoms. The Hall–Kier alpha value is -3.38. The Kier molecular flexibility index (Phi) is 4.48. The van der Waals surface area contributed by atoms with E-state index in [4.69, 9.17) is 10.5 Å². The molecular weight excluding hydrogens is 358 g/mol. The number of aromatic nitrogens is 1. The second-order valence-corrected chi connectivity index (χ2v) is 7.00. The molecule has 0 saturated heterocycles. The van der Waals surface area contributed by atoms with Gasteiger partial charge in [0.25, 0.3) is 5.91 Å². The number of hydrogen-bond acceptors (Lipinski definition) is 5. The highest BCUT2D eigenvalue weighted by Gasteiger charge is 2.10. The molecule has 4 rings (SSSR count). The maximum absolute atomic E-state index is 12.4. The van der Waals surface area contributed by atoms with Crippen LogP contribution in [0.15, 0.2) is 66.7 Å².